The Morgan fingerprint density at radius 2 is 2.17 bits per heavy atom. The van der Waals surface area contributed by atoms with Crippen LogP contribution >= 0.6 is 0 Å². The van der Waals surface area contributed by atoms with Crippen LogP contribution in [0.1, 0.15) is 17.9 Å². The van der Waals surface area contributed by atoms with E-state index in [-0.39, 0.29) is 11.8 Å². The Bertz CT molecular complexity index is 671. The monoisotopic (exact) mass is 330 g/mol. The number of ether oxygens (including phenoxy) is 1. The minimum absolute atomic E-state index is 0.00114. The Kier molecular flexibility index (Phi) is 5.15. The fourth-order valence-corrected chi connectivity index (χ4v) is 2.96. The van der Waals surface area contributed by atoms with Crippen molar-refractivity contribution in [2.45, 2.75) is 25.9 Å². The van der Waals surface area contributed by atoms with Crippen molar-refractivity contribution in [2.75, 3.05) is 19.7 Å². The molecule has 6 nitrogen and oxygen atoms in total. The Morgan fingerprint density at radius 3 is 2.88 bits per heavy atom. The Morgan fingerprint density at radius 1 is 1.38 bits per heavy atom. The SMILES string of the molecule is Cc1cc(C[C@@H]2CN(C(=O)CCOc3ccccc3)C[C@H]2O)on1. The summed E-state index contributed by atoms with van der Waals surface area (Å²) in [4.78, 5) is 14.0. The number of carbonyl (C=O) groups excluding carboxylic acids is 1. The summed E-state index contributed by atoms with van der Waals surface area (Å²) in [5.41, 5.74) is 0.823. The van der Waals surface area contributed by atoms with Gasteiger partial charge in [-0.25, -0.2) is 0 Å². The highest BCUT2D eigenvalue weighted by molar-refractivity contribution is 5.76. The van der Waals surface area contributed by atoms with E-state index >= 15 is 0 Å². The number of aryl methyl sites for hydroxylation is 1. The molecule has 1 aromatic carbocycles. The predicted molar refractivity (Wildman–Crippen MR) is 87.6 cm³/mol. The van der Waals surface area contributed by atoms with E-state index < -0.39 is 6.10 Å². The molecule has 1 fully saturated rings. The fraction of sp³-hybridized carbons (Fsp3) is 0.444. The minimum Gasteiger partial charge on any atom is -0.493 e. The molecule has 128 valence electrons. The lowest BCUT2D eigenvalue weighted by molar-refractivity contribution is -0.131. The maximum absolute atomic E-state index is 12.3. The highest BCUT2D eigenvalue weighted by Gasteiger charge is 2.34. The van der Waals surface area contributed by atoms with Crippen LogP contribution in [-0.2, 0) is 11.2 Å². The zero-order valence-electron chi connectivity index (χ0n) is 13.7. The number of para-hydroxylation sites is 1. The number of aliphatic hydroxyl groups excluding tert-OH is 1. The molecule has 1 aliphatic heterocycles. The van der Waals surface area contributed by atoms with Crippen LogP contribution < -0.4 is 4.74 Å². The lowest BCUT2D eigenvalue weighted by Gasteiger charge is -2.16. The van der Waals surface area contributed by atoms with E-state index in [4.69, 9.17) is 9.26 Å². The number of likely N-dealkylation sites (tertiary alicyclic amines) is 1. The predicted octanol–water partition coefficient (Wildman–Crippen LogP) is 1.81. The Balaban J connectivity index is 1.46. The molecule has 0 spiro atoms. The molecule has 0 radical (unpaired) electrons. The molecule has 3 rings (SSSR count). The largest absolute Gasteiger partial charge is 0.493 e. The average molecular weight is 330 g/mol. The quantitative estimate of drug-likeness (QED) is 0.874. The number of benzene rings is 1. The highest BCUT2D eigenvalue weighted by atomic mass is 16.5. The van der Waals surface area contributed by atoms with Crippen LogP contribution in [0.5, 0.6) is 5.75 Å². The van der Waals surface area contributed by atoms with Gasteiger partial charge in [-0.15, -0.1) is 0 Å². The second-order valence-electron chi connectivity index (χ2n) is 6.18. The molecule has 6 heteroatoms. The molecular weight excluding hydrogens is 308 g/mol. The van der Waals surface area contributed by atoms with Crippen LogP contribution in [0.2, 0.25) is 0 Å². The lowest BCUT2D eigenvalue weighted by atomic mass is 10.0. The molecule has 2 atom stereocenters. The van der Waals surface area contributed by atoms with Gasteiger partial charge in [-0.2, -0.15) is 0 Å². The standard InChI is InChI=1S/C18H22N2O4/c1-13-9-16(24-19-13)10-14-11-20(12-17(14)21)18(22)7-8-23-15-5-3-2-4-6-15/h2-6,9,14,17,21H,7-8,10-12H2,1H3/t14-,17-/m1/s1. The molecule has 2 heterocycles. The van der Waals surface area contributed by atoms with Gasteiger partial charge in [0.2, 0.25) is 5.91 Å². The van der Waals surface area contributed by atoms with E-state index in [9.17, 15) is 9.90 Å². The molecule has 1 aromatic heterocycles. The molecule has 1 saturated heterocycles. The Hall–Kier alpha value is -2.34. The van der Waals surface area contributed by atoms with Crippen molar-refractivity contribution >= 4 is 5.91 Å². The van der Waals surface area contributed by atoms with Crippen molar-refractivity contribution in [3.8, 4) is 5.75 Å². The molecule has 0 unspecified atom stereocenters. The third-order valence-corrected chi connectivity index (χ3v) is 4.23. The van der Waals surface area contributed by atoms with Crippen molar-refractivity contribution in [3.63, 3.8) is 0 Å². The average Bonchev–Trinajstić information content (AvgIpc) is 3.15. The molecule has 1 aliphatic rings. The number of amides is 1. The summed E-state index contributed by atoms with van der Waals surface area (Å²) in [6, 6.07) is 11.3. The third-order valence-electron chi connectivity index (χ3n) is 4.23. The summed E-state index contributed by atoms with van der Waals surface area (Å²) in [6.45, 7) is 3.09. The first-order valence-corrected chi connectivity index (χ1v) is 8.17. The summed E-state index contributed by atoms with van der Waals surface area (Å²) in [6.07, 6.45) is 0.358. The first-order valence-electron chi connectivity index (χ1n) is 8.17. The topological polar surface area (TPSA) is 75.8 Å². The van der Waals surface area contributed by atoms with Gasteiger partial charge in [0.25, 0.3) is 0 Å². The van der Waals surface area contributed by atoms with Crippen LogP contribution in [0.3, 0.4) is 0 Å². The van der Waals surface area contributed by atoms with Gasteiger partial charge >= 0.3 is 0 Å². The molecule has 0 aliphatic carbocycles. The molecule has 1 amide bonds. The van der Waals surface area contributed by atoms with E-state index in [0.29, 0.717) is 32.5 Å². The van der Waals surface area contributed by atoms with Gasteiger partial charge in [0.1, 0.15) is 11.5 Å². The van der Waals surface area contributed by atoms with Crippen molar-refractivity contribution in [1.82, 2.24) is 10.1 Å². The zero-order valence-corrected chi connectivity index (χ0v) is 13.7. The van der Waals surface area contributed by atoms with Crippen LogP contribution in [-0.4, -0.2) is 46.9 Å². The van der Waals surface area contributed by atoms with Crippen LogP contribution in [0.4, 0.5) is 0 Å². The van der Waals surface area contributed by atoms with E-state index in [0.717, 1.165) is 17.2 Å². The van der Waals surface area contributed by atoms with Gasteiger partial charge < -0.3 is 19.3 Å². The molecule has 24 heavy (non-hydrogen) atoms. The fourth-order valence-electron chi connectivity index (χ4n) is 2.96. The number of aromatic nitrogens is 1. The van der Waals surface area contributed by atoms with Crippen LogP contribution in [0, 0.1) is 12.8 Å². The summed E-state index contributed by atoms with van der Waals surface area (Å²) < 4.78 is 10.8. The second-order valence-corrected chi connectivity index (χ2v) is 6.18. The molecule has 1 N–H and O–H groups in total. The molecular formula is C18H22N2O4. The normalized spacial score (nSPS) is 20.3. The summed E-state index contributed by atoms with van der Waals surface area (Å²) >= 11 is 0. The third kappa shape index (κ3) is 4.14. The molecule has 0 saturated carbocycles. The summed E-state index contributed by atoms with van der Waals surface area (Å²) in [5, 5.41) is 14.0. The Labute approximate surface area is 141 Å². The zero-order chi connectivity index (χ0) is 16.9. The van der Waals surface area contributed by atoms with Crippen molar-refractivity contribution in [3.05, 3.63) is 47.9 Å². The van der Waals surface area contributed by atoms with Gasteiger partial charge in [0, 0.05) is 31.5 Å². The summed E-state index contributed by atoms with van der Waals surface area (Å²) in [7, 11) is 0. The van der Waals surface area contributed by atoms with Gasteiger partial charge in [-0.3, -0.25) is 4.79 Å². The number of aliphatic hydroxyl groups is 1. The molecule has 0 bridgehead atoms. The van der Waals surface area contributed by atoms with E-state index in [2.05, 4.69) is 5.16 Å². The van der Waals surface area contributed by atoms with Gasteiger partial charge in [-0.1, -0.05) is 23.4 Å². The van der Waals surface area contributed by atoms with Crippen LogP contribution in [0.25, 0.3) is 0 Å². The number of β-amino-alcohol motifs (C(OH)–C–C–N with tert-alkyl or cyclic N) is 1. The smallest absolute Gasteiger partial charge is 0.226 e. The number of hydrogen-bond acceptors (Lipinski definition) is 5. The molecule has 2 aromatic rings. The first-order chi connectivity index (χ1) is 11.6. The van der Waals surface area contributed by atoms with Gasteiger partial charge in [0.15, 0.2) is 0 Å². The number of hydrogen-bond donors (Lipinski definition) is 1. The number of rotatable bonds is 6. The van der Waals surface area contributed by atoms with Crippen molar-refractivity contribution < 1.29 is 19.2 Å². The number of carbonyl (C=O) groups is 1. The second kappa shape index (κ2) is 7.49. The number of nitrogens with zero attached hydrogens (tertiary/aromatic N) is 2. The van der Waals surface area contributed by atoms with Crippen LogP contribution in [0.15, 0.2) is 40.9 Å². The van der Waals surface area contributed by atoms with Gasteiger partial charge in [-0.05, 0) is 19.1 Å². The van der Waals surface area contributed by atoms with Crippen molar-refractivity contribution in [2.24, 2.45) is 5.92 Å². The van der Waals surface area contributed by atoms with E-state index in [1.54, 1.807) is 4.90 Å². The highest BCUT2D eigenvalue weighted by Crippen LogP contribution is 2.22. The maximum atomic E-state index is 12.3. The van der Waals surface area contributed by atoms with E-state index in [1.807, 2.05) is 43.3 Å². The van der Waals surface area contributed by atoms with Crippen molar-refractivity contribution in [1.29, 1.82) is 0 Å². The van der Waals surface area contributed by atoms with Gasteiger partial charge in [0.05, 0.1) is 24.8 Å². The lowest BCUT2D eigenvalue weighted by Crippen LogP contribution is -2.30. The maximum Gasteiger partial charge on any atom is 0.226 e. The van der Waals surface area contributed by atoms with E-state index in [1.165, 1.54) is 0 Å². The minimum atomic E-state index is -0.533. The summed E-state index contributed by atoms with van der Waals surface area (Å²) in [5.74, 6) is 1.49. The first kappa shape index (κ1) is 16.5.